The summed E-state index contributed by atoms with van der Waals surface area (Å²) in [7, 11) is 1.35. The number of carbonyl (C=O) groups excluding carboxylic acids is 1. The summed E-state index contributed by atoms with van der Waals surface area (Å²) in [4.78, 5) is 28.7. The second-order valence-corrected chi connectivity index (χ2v) is 8.14. The molecule has 0 spiro atoms. The highest BCUT2D eigenvalue weighted by molar-refractivity contribution is 7.21. The van der Waals surface area contributed by atoms with Crippen molar-refractivity contribution >= 4 is 38.5 Å². The smallest absolute Gasteiger partial charge is 0.346 e. The number of esters is 1. The maximum Gasteiger partial charge on any atom is 0.346 e. The van der Waals surface area contributed by atoms with E-state index in [1.54, 1.807) is 36.4 Å². The van der Waals surface area contributed by atoms with E-state index in [4.69, 9.17) is 13.9 Å². The first-order chi connectivity index (χ1) is 15.6. The van der Waals surface area contributed by atoms with Crippen molar-refractivity contribution in [1.29, 1.82) is 0 Å². The van der Waals surface area contributed by atoms with E-state index in [1.165, 1.54) is 18.4 Å². The molecular formula is C25H17NO5S. The zero-order chi connectivity index (χ0) is 22.1. The summed E-state index contributed by atoms with van der Waals surface area (Å²) in [5.41, 5.74) is 2.68. The van der Waals surface area contributed by atoms with Crippen LogP contribution < -0.4 is 10.4 Å². The van der Waals surface area contributed by atoms with Gasteiger partial charge in [-0.25, -0.2) is 14.6 Å². The van der Waals surface area contributed by atoms with E-state index >= 15 is 0 Å². The Morgan fingerprint density at radius 2 is 1.84 bits per heavy atom. The van der Waals surface area contributed by atoms with Crippen LogP contribution >= 0.6 is 11.3 Å². The number of fused-ring (bicyclic) bond motifs is 2. The molecule has 0 saturated heterocycles. The van der Waals surface area contributed by atoms with Crippen molar-refractivity contribution in [1.82, 2.24) is 4.98 Å². The molecule has 0 N–H and O–H groups in total. The minimum Gasteiger partial charge on any atom is -0.489 e. The zero-order valence-corrected chi connectivity index (χ0v) is 17.8. The van der Waals surface area contributed by atoms with Gasteiger partial charge in [-0.15, -0.1) is 11.3 Å². The molecule has 0 fully saturated rings. The second kappa shape index (κ2) is 8.28. The van der Waals surface area contributed by atoms with Crippen molar-refractivity contribution in [2.45, 2.75) is 6.61 Å². The SMILES string of the molecule is COC(=O)c1ccc(COc2ccc3cc(-c4nc5ccccc5s4)c(=O)oc3c2)cc1. The lowest BCUT2D eigenvalue weighted by atomic mass is 10.1. The number of rotatable bonds is 5. The molecule has 0 radical (unpaired) electrons. The summed E-state index contributed by atoms with van der Waals surface area (Å²) < 4.78 is 17.1. The number of aromatic nitrogens is 1. The van der Waals surface area contributed by atoms with E-state index in [-0.39, 0.29) is 5.97 Å². The Bertz CT molecular complexity index is 1470. The van der Waals surface area contributed by atoms with E-state index in [0.29, 0.717) is 34.1 Å². The third kappa shape index (κ3) is 3.86. The van der Waals surface area contributed by atoms with Crippen LogP contribution in [0.3, 0.4) is 0 Å². The minimum atomic E-state index is -0.438. The highest BCUT2D eigenvalue weighted by Gasteiger charge is 2.13. The van der Waals surface area contributed by atoms with Gasteiger partial charge < -0.3 is 13.9 Å². The number of methoxy groups -OCH3 is 1. The number of thiazole rings is 1. The number of hydrogen-bond donors (Lipinski definition) is 0. The molecule has 7 heteroatoms. The number of carbonyl (C=O) groups is 1. The predicted molar refractivity (Wildman–Crippen MR) is 123 cm³/mol. The van der Waals surface area contributed by atoms with E-state index in [9.17, 15) is 9.59 Å². The molecule has 0 amide bonds. The van der Waals surface area contributed by atoms with Gasteiger partial charge in [-0.1, -0.05) is 24.3 Å². The van der Waals surface area contributed by atoms with Gasteiger partial charge in [0.2, 0.25) is 0 Å². The van der Waals surface area contributed by atoms with Crippen LogP contribution in [0.15, 0.2) is 82.0 Å². The fraction of sp³-hybridized carbons (Fsp3) is 0.0800. The van der Waals surface area contributed by atoms with Crippen molar-refractivity contribution in [3.05, 3.63) is 94.3 Å². The molecule has 0 aliphatic carbocycles. The van der Waals surface area contributed by atoms with Crippen LogP contribution in [0.2, 0.25) is 0 Å². The van der Waals surface area contributed by atoms with Gasteiger partial charge in [0.15, 0.2) is 0 Å². The summed E-state index contributed by atoms with van der Waals surface area (Å²) in [5.74, 6) is 0.192. The predicted octanol–water partition coefficient (Wildman–Crippen LogP) is 5.44. The normalized spacial score (nSPS) is 11.0. The first-order valence-corrected chi connectivity index (χ1v) is 10.7. The fourth-order valence-corrected chi connectivity index (χ4v) is 4.31. The minimum absolute atomic E-state index is 0.307. The second-order valence-electron chi connectivity index (χ2n) is 7.11. The summed E-state index contributed by atoms with van der Waals surface area (Å²) in [6.45, 7) is 0.307. The molecule has 2 aromatic heterocycles. The van der Waals surface area contributed by atoms with E-state index in [1.807, 2.05) is 36.4 Å². The Morgan fingerprint density at radius 1 is 1.03 bits per heavy atom. The van der Waals surface area contributed by atoms with Gasteiger partial charge in [0.05, 0.1) is 28.5 Å². The molecule has 3 aromatic carbocycles. The molecular weight excluding hydrogens is 426 g/mol. The third-order valence-corrected chi connectivity index (χ3v) is 6.08. The molecule has 5 aromatic rings. The van der Waals surface area contributed by atoms with Crippen molar-refractivity contribution in [3.8, 4) is 16.3 Å². The van der Waals surface area contributed by atoms with Gasteiger partial charge >= 0.3 is 11.6 Å². The molecule has 32 heavy (non-hydrogen) atoms. The van der Waals surface area contributed by atoms with Gasteiger partial charge in [0, 0.05) is 11.5 Å². The van der Waals surface area contributed by atoms with Crippen LogP contribution in [0.1, 0.15) is 15.9 Å². The molecule has 0 aliphatic heterocycles. The highest BCUT2D eigenvalue weighted by Crippen LogP contribution is 2.30. The monoisotopic (exact) mass is 443 g/mol. The lowest BCUT2D eigenvalue weighted by Gasteiger charge is -2.08. The van der Waals surface area contributed by atoms with Crippen molar-refractivity contribution in [3.63, 3.8) is 0 Å². The molecule has 2 heterocycles. The number of para-hydroxylation sites is 1. The summed E-state index contributed by atoms with van der Waals surface area (Å²) in [5, 5.41) is 1.42. The van der Waals surface area contributed by atoms with E-state index < -0.39 is 5.63 Å². The molecule has 0 atom stereocenters. The summed E-state index contributed by atoms with van der Waals surface area (Å²) >= 11 is 1.46. The van der Waals surface area contributed by atoms with Crippen molar-refractivity contribution in [2.75, 3.05) is 7.11 Å². The number of nitrogens with zero attached hydrogens (tertiary/aromatic N) is 1. The summed E-state index contributed by atoms with van der Waals surface area (Å²) in [6.07, 6.45) is 0. The van der Waals surface area contributed by atoms with Crippen LogP contribution in [0, 0.1) is 0 Å². The van der Waals surface area contributed by atoms with E-state index in [2.05, 4.69) is 4.98 Å². The first-order valence-electron chi connectivity index (χ1n) is 9.84. The Kier molecular flexibility index (Phi) is 5.17. The maximum absolute atomic E-state index is 12.6. The molecule has 0 saturated carbocycles. The lowest BCUT2D eigenvalue weighted by Crippen LogP contribution is -2.03. The lowest BCUT2D eigenvalue weighted by molar-refractivity contribution is 0.0600. The van der Waals surface area contributed by atoms with Gasteiger partial charge in [0.1, 0.15) is 22.9 Å². The van der Waals surface area contributed by atoms with Crippen LogP contribution in [0.25, 0.3) is 31.8 Å². The first kappa shape index (κ1) is 20.0. The van der Waals surface area contributed by atoms with Crippen LogP contribution in [-0.4, -0.2) is 18.1 Å². The largest absolute Gasteiger partial charge is 0.489 e. The average molecular weight is 443 g/mol. The Morgan fingerprint density at radius 3 is 2.62 bits per heavy atom. The molecule has 6 nitrogen and oxygen atoms in total. The van der Waals surface area contributed by atoms with Crippen LogP contribution in [0.5, 0.6) is 5.75 Å². The molecule has 5 rings (SSSR count). The topological polar surface area (TPSA) is 78.6 Å². The Hall–Kier alpha value is -3.97. The van der Waals surface area contributed by atoms with Gasteiger partial charge in [-0.05, 0) is 48.0 Å². The van der Waals surface area contributed by atoms with Crippen LogP contribution in [-0.2, 0) is 11.3 Å². The van der Waals surface area contributed by atoms with Crippen molar-refractivity contribution < 1.29 is 18.7 Å². The number of ether oxygens (including phenoxy) is 2. The van der Waals surface area contributed by atoms with Gasteiger partial charge in [-0.2, -0.15) is 0 Å². The van der Waals surface area contributed by atoms with Gasteiger partial charge in [0.25, 0.3) is 0 Å². The van der Waals surface area contributed by atoms with E-state index in [0.717, 1.165) is 21.2 Å². The van der Waals surface area contributed by atoms with Gasteiger partial charge in [-0.3, -0.25) is 0 Å². The highest BCUT2D eigenvalue weighted by atomic mass is 32.1. The standard InChI is InChI=1S/C25H17NO5S/c1-29-24(27)16-8-6-15(7-9-16)14-30-18-11-10-17-12-19(25(28)31-21(17)13-18)23-26-20-4-2-3-5-22(20)32-23/h2-13H,14H2,1H3. The Balaban J connectivity index is 1.38. The average Bonchev–Trinajstić information content (AvgIpc) is 3.26. The van der Waals surface area contributed by atoms with Crippen LogP contribution in [0.4, 0.5) is 0 Å². The number of hydrogen-bond acceptors (Lipinski definition) is 7. The maximum atomic E-state index is 12.6. The molecule has 0 unspecified atom stereocenters. The fourth-order valence-electron chi connectivity index (χ4n) is 3.34. The molecule has 0 bridgehead atoms. The summed E-state index contributed by atoms with van der Waals surface area (Å²) in [6, 6.07) is 21.9. The molecule has 0 aliphatic rings. The number of benzene rings is 3. The quantitative estimate of drug-likeness (QED) is 0.266. The molecule has 158 valence electrons. The Labute approximate surface area is 186 Å². The zero-order valence-electron chi connectivity index (χ0n) is 17.0. The van der Waals surface area contributed by atoms with Crippen molar-refractivity contribution in [2.24, 2.45) is 0 Å². The third-order valence-electron chi connectivity index (χ3n) is 5.01.